The number of hydrogen-bond donors (Lipinski definition) is 1. The van der Waals surface area contributed by atoms with E-state index in [1.165, 1.54) is 22.5 Å². The highest BCUT2D eigenvalue weighted by Crippen LogP contribution is 2.30. The Morgan fingerprint density at radius 3 is 2.60 bits per heavy atom. The second kappa shape index (κ2) is 10.8. The van der Waals surface area contributed by atoms with Crippen molar-refractivity contribution in [2.45, 2.75) is 31.1 Å². The Labute approximate surface area is 204 Å². The normalized spacial score (nSPS) is 14.4. The SMILES string of the molecule is CCOc1ccc(S(=O)(=O)N2CCCCC2)cc1NC(=O)COC(=O)c1cccc2cccnc12. The molecule has 1 aromatic heterocycles. The van der Waals surface area contributed by atoms with E-state index in [0.717, 1.165) is 24.6 Å². The van der Waals surface area contributed by atoms with Crippen LogP contribution in [0.4, 0.5) is 5.69 Å². The summed E-state index contributed by atoms with van der Waals surface area (Å²) in [5.41, 5.74) is 0.924. The Morgan fingerprint density at radius 1 is 1.06 bits per heavy atom. The number of esters is 1. The quantitative estimate of drug-likeness (QED) is 0.473. The van der Waals surface area contributed by atoms with Crippen LogP contribution in [0, 0.1) is 0 Å². The Bertz CT molecular complexity index is 1330. The zero-order valence-corrected chi connectivity index (χ0v) is 20.2. The van der Waals surface area contributed by atoms with Crippen molar-refractivity contribution in [3.63, 3.8) is 0 Å². The van der Waals surface area contributed by atoms with Crippen LogP contribution in [0.15, 0.2) is 59.6 Å². The van der Waals surface area contributed by atoms with Crippen molar-refractivity contribution in [1.29, 1.82) is 0 Å². The van der Waals surface area contributed by atoms with Gasteiger partial charge < -0.3 is 14.8 Å². The molecule has 1 saturated heterocycles. The number of amides is 1. The molecule has 3 aromatic rings. The van der Waals surface area contributed by atoms with Crippen molar-refractivity contribution < 1.29 is 27.5 Å². The summed E-state index contributed by atoms with van der Waals surface area (Å²) in [4.78, 5) is 29.5. The highest BCUT2D eigenvalue weighted by Gasteiger charge is 2.27. The summed E-state index contributed by atoms with van der Waals surface area (Å²) in [5.74, 6) is -0.987. The lowest BCUT2D eigenvalue weighted by Crippen LogP contribution is -2.35. The van der Waals surface area contributed by atoms with Crippen molar-refractivity contribution >= 4 is 38.5 Å². The number of aromatic nitrogens is 1. The molecule has 2 aromatic carbocycles. The summed E-state index contributed by atoms with van der Waals surface area (Å²) in [5, 5.41) is 3.39. The third kappa shape index (κ3) is 5.60. The number of para-hydroxylation sites is 1. The van der Waals surface area contributed by atoms with E-state index in [-0.39, 0.29) is 16.1 Å². The molecule has 1 aliphatic heterocycles. The molecular formula is C25H27N3O6S. The zero-order valence-electron chi connectivity index (χ0n) is 19.4. The molecule has 0 bridgehead atoms. The molecule has 2 heterocycles. The number of ether oxygens (including phenoxy) is 2. The highest BCUT2D eigenvalue weighted by atomic mass is 32.2. The van der Waals surface area contributed by atoms with Crippen LogP contribution in [0.1, 0.15) is 36.5 Å². The molecule has 0 unspecified atom stereocenters. The molecule has 0 atom stereocenters. The Hall–Kier alpha value is -3.50. The number of anilines is 1. The number of fused-ring (bicyclic) bond motifs is 1. The number of nitrogens with one attached hydrogen (secondary N) is 1. The number of carbonyl (C=O) groups is 2. The second-order valence-electron chi connectivity index (χ2n) is 8.06. The Balaban J connectivity index is 1.48. The number of rotatable bonds is 8. The van der Waals surface area contributed by atoms with E-state index < -0.39 is 28.5 Å². The summed E-state index contributed by atoms with van der Waals surface area (Å²) in [6.45, 7) is 2.48. The molecule has 1 N–H and O–H groups in total. The van der Waals surface area contributed by atoms with Gasteiger partial charge in [-0.3, -0.25) is 9.78 Å². The standard InChI is InChI=1S/C25H27N3O6S/c1-2-33-22-12-11-19(35(31,32)28-14-4-3-5-15-28)16-21(22)27-23(29)17-34-25(30)20-10-6-8-18-9-7-13-26-24(18)20/h6-13,16H,2-5,14-15,17H2,1H3,(H,27,29). The minimum absolute atomic E-state index is 0.0666. The largest absolute Gasteiger partial charge is 0.492 e. The number of piperidine rings is 1. The maximum atomic E-state index is 13.1. The van der Waals surface area contributed by atoms with Crippen LogP contribution < -0.4 is 10.1 Å². The van der Waals surface area contributed by atoms with E-state index in [2.05, 4.69) is 10.3 Å². The van der Waals surface area contributed by atoms with Crippen molar-refractivity contribution in [3.8, 4) is 5.75 Å². The summed E-state index contributed by atoms with van der Waals surface area (Å²) < 4.78 is 38.4. The Kier molecular flexibility index (Phi) is 7.62. The average molecular weight is 498 g/mol. The van der Waals surface area contributed by atoms with Gasteiger partial charge in [0.15, 0.2) is 6.61 Å². The third-order valence-electron chi connectivity index (χ3n) is 5.66. The summed E-state index contributed by atoms with van der Waals surface area (Å²) in [6, 6.07) is 13.1. The molecule has 0 aliphatic carbocycles. The van der Waals surface area contributed by atoms with Gasteiger partial charge >= 0.3 is 5.97 Å². The predicted molar refractivity (Wildman–Crippen MR) is 131 cm³/mol. The number of benzene rings is 2. The molecule has 0 radical (unpaired) electrons. The summed E-state index contributed by atoms with van der Waals surface area (Å²) in [7, 11) is -3.70. The molecule has 0 saturated carbocycles. The number of sulfonamides is 1. The van der Waals surface area contributed by atoms with Crippen LogP contribution in [-0.2, 0) is 19.6 Å². The third-order valence-corrected chi connectivity index (χ3v) is 7.56. The monoisotopic (exact) mass is 497 g/mol. The van der Waals surface area contributed by atoms with Gasteiger partial charge in [0.1, 0.15) is 5.75 Å². The summed E-state index contributed by atoms with van der Waals surface area (Å²) >= 11 is 0. The summed E-state index contributed by atoms with van der Waals surface area (Å²) in [6.07, 6.45) is 4.21. The smallest absolute Gasteiger partial charge is 0.340 e. The van der Waals surface area contributed by atoms with Crippen LogP contribution in [0.5, 0.6) is 5.75 Å². The first-order valence-corrected chi connectivity index (χ1v) is 12.9. The number of pyridine rings is 1. The first-order valence-electron chi connectivity index (χ1n) is 11.5. The fourth-order valence-corrected chi connectivity index (χ4v) is 5.51. The maximum absolute atomic E-state index is 13.1. The highest BCUT2D eigenvalue weighted by molar-refractivity contribution is 7.89. The lowest BCUT2D eigenvalue weighted by molar-refractivity contribution is -0.119. The van der Waals surface area contributed by atoms with Crippen LogP contribution in [0.3, 0.4) is 0 Å². The first kappa shape index (κ1) is 24.6. The molecule has 1 aliphatic rings. The molecule has 10 heteroatoms. The first-order chi connectivity index (χ1) is 16.9. The van der Waals surface area contributed by atoms with Crippen molar-refractivity contribution in [1.82, 2.24) is 9.29 Å². The van der Waals surface area contributed by atoms with Gasteiger partial charge in [-0.05, 0) is 50.1 Å². The van der Waals surface area contributed by atoms with E-state index in [9.17, 15) is 18.0 Å². The van der Waals surface area contributed by atoms with E-state index in [0.29, 0.717) is 31.0 Å². The molecule has 1 amide bonds. The van der Waals surface area contributed by atoms with E-state index in [4.69, 9.17) is 9.47 Å². The van der Waals surface area contributed by atoms with Gasteiger partial charge in [0.05, 0.1) is 28.3 Å². The molecule has 4 rings (SSSR count). The van der Waals surface area contributed by atoms with Gasteiger partial charge in [0, 0.05) is 24.7 Å². The lowest BCUT2D eigenvalue weighted by atomic mass is 10.1. The van der Waals surface area contributed by atoms with Gasteiger partial charge in [-0.2, -0.15) is 4.31 Å². The molecular weight excluding hydrogens is 470 g/mol. The molecule has 0 spiro atoms. The van der Waals surface area contributed by atoms with Crippen LogP contribution in [-0.4, -0.2) is 55.9 Å². The predicted octanol–water partition coefficient (Wildman–Crippen LogP) is 3.60. The topological polar surface area (TPSA) is 115 Å². The van der Waals surface area contributed by atoms with Crippen molar-refractivity contribution in [3.05, 3.63) is 60.3 Å². The van der Waals surface area contributed by atoms with Crippen LogP contribution in [0.2, 0.25) is 0 Å². The van der Waals surface area contributed by atoms with Gasteiger partial charge in [-0.15, -0.1) is 0 Å². The fourth-order valence-electron chi connectivity index (χ4n) is 3.97. The zero-order chi connectivity index (χ0) is 24.8. The van der Waals surface area contributed by atoms with Crippen molar-refractivity contribution in [2.75, 3.05) is 31.6 Å². The molecule has 9 nitrogen and oxygen atoms in total. The van der Waals surface area contributed by atoms with E-state index >= 15 is 0 Å². The van der Waals surface area contributed by atoms with Crippen molar-refractivity contribution in [2.24, 2.45) is 0 Å². The van der Waals surface area contributed by atoms with Gasteiger partial charge in [-0.25, -0.2) is 13.2 Å². The number of hydrogen-bond acceptors (Lipinski definition) is 7. The van der Waals surface area contributed by atoms with E-state index in [1.54, 1.807) is 31.3 Å². The molecule has 35 heavy (non-hydrogen) atoms. The van der Waals surface area contributed by atoms with Crippen LogP contribution >= 0.6 is 0 Å². The maximum Gasteiger partial charge on any atom is 0.340 e. The minimum atomic E-state index is -3.70. The fraction of sp³-hybridized carbons (Fsp3) is 0.320. The minimum Gasteiger partial charge on any atom is -0.492 e. The average Bonchev–Trinajstić information content (AvgIpc) is 2.88. The van der Waals surface area contributed by atoms with E-state index in [1.807, 2.05) is 12.1 Å². The number of nitrogens with zero attached hydrogens (tertiary/aromatic N) is 2. The van der Waals surface area contributed by atoms with Gasteiger partial charge in [-0.1, -0.05) is 24.6 Å². The second-order valence-corrected chi connectivity index (χ2v) is 10.00. The molecule has 1 fully saturated rings. The van der Waals surface area contributed by atoms with Gasteiger partial charge in [0.25, 0.3) is 5.91 Å². The van der Waals surface area contributed by atoms with Gasteiger partial charge in [0.2, 0.25) is 10.0 Å². The Morgan fingerprint density at radius 2 is 1.83 bits per heavy atom. The molecule has 184 valence electrons. The van der Waals surface area contributed by atoms with Crippen LogP contribution in [0.25, 0.3) is 10.9 Å². The number of carbonyl (C=O) groups excluding carboxylic acids is 2. The lowest BCUT2D eigenvalue weighted by Gasteiger charge is -2.26.